The number of H-pyrrole nitrogens is 1. The smallest absolute Gasteiger partial charge is 0.0964 e. The van der Waals surface area contributed by atoms with Crippen LogP contribution in [-0.2, 0) is 0 Å². The molecule has 1 saturated heterocycles. The van der Waals surface area contributed by atoms with E-state index < -0.39 is 0 Å². The van der Waals surface area contributed by atoms with E-state index in [2.05, 4.69) is 90.5 Å². The quantitative estimate of drug-likeness (QED) is 0.206. The maximum atomic E-state index is 3.85. The first kappa shape index (κ1) is 19.2. The molecule has 6 rings (SSSR count). The molecule has 0 amide bonds. The SMILES string of the molecule is Brc1[nH]cc2c3ccccc3cc-2c1SC1CCCC2C3CNC(Br)CC3CC12. The number of nitrogens with one attached hydrogen (secondary N) is 2. The molecule has 5 heteroatoms. The first-order valence-corrected chi connectivity index (χ1v) is 13.5. The fourth-order valence-corrected chi connectivity index (χ4v) is 9.32. The van der Waals surface area contributed by atoms with Crippen molar-refractivity contribution in [2.45, 2.75) is 47.2 Å². The molecule has 2 heterocycles. The van der Waals surface area contributed by atoms with Crippen LogP contribution >= 0.6 is 43.6 Å². The lowest BCUT2D eigenvalue weighted by Gasteiger charge is -2.37. The number of aromatic amines is 1. The Bertz CT molecular complexity index is 1020. The summed E-state index contributed by atoms with van der Waals surface area (Å²) in [6.07, 6.45) is 9.09. The molecule has 0 spiro atoms. The molecule has 2 nitrogen and oxygen atoms in total. The van der Waals surface area contributed by atoms with Gasteiger partial charge in [0.05, 0.1) is 9.55 Å². The molecule has 6 atom stereocenters. The van der Waals surface area contributed by atoms with E-state index in [1.807, 2.05) is 0 Å². The Kier molecular flexibility index (Phi) is 5.02. The average Bonchev–Trinajstić information content (AvgIpc) is 3.28. The summed E-state index contributed by atoms with van der Waals surface area (Å²) in [5.74, 6) is 3.59. The van der Waals surface area contributed by atoms with Gasteiger partial charge in [0.25, 0.3) is 0 Å². The molecule has 2 saturated carbocycles. The number of rotatable bonds is 2. The normalized spacial score (nSPS) is 34.4. The van der Waals surface area contributed by atoms with E-state index in [1.54, 1.807) is 0 Å². The molecule has 1 aromatic rings. The minimum absolute atomic E-state index is 0.518. The van der Waals surface area contributed by atoms with E-state index in [9.17, 15) is 0 Å². The van der Waals surface area contributed by atoms with E-state index in [1.165, 1.54) is 65.4 Å². The second kappa shape index (κ2) is 7.58. The maximum Gasteiger partial charge on any atom is 0.0964 e. The van der Waals surface area contributed by atoms with Crippen LogP contribution in [0.25, 0.3) is 21.9 Å². The number of benzene rings is 1. The Morgan fingerprint density at radius 2 is 1.90 bits per heavy atom. The van der Waals surface area contributed by atoms with Gasteiger partial charge in [-0.25, -0.2) is 0 Å². The molecular formula is C24H26Br2N2S. The summed E-state index contributed by atoms with van der Waals surface area (Å²) < 4.78 is 1.14. The van der Waals surface area contributed by atoms with Crippen molar-refractivity contribution in [1.29, 1.82) is 0 Å². The third kappa shape index (κ3) is 3.22. The van der Waals surface area contributed by atoms with Gasteiger partial charge in [-0.15, -0.1) is 11.8 Å². The van der Waals surface area contributed by atoms with Gasteiger partial charge in [-0.2, -0.15) is 0 Å². The lowest BCUT2D eigenvalue weighted by atomic mass is 9.76. The second-order valence-electron chi connectivity index (χ2n) is 9.18. The van der Waals surface area contributed by atoms with Gasteiger partial charge in [0.2, 0.25) is 0 Å². The molecule has 5 aliphatic rings. The van der Waals surface area contributed by atoms with Crippen molar-refractivity contribution >= 4 is 54.4 Å². The number of thioether (sulfide) groups is 1. The number of halogens is 2. The predicted molar refractivity (Wildman–Crippen MR) is 130 cm³/mol. The Hall–Kier alpha value is -0.490. The topological polar surface area (TPSA) is 27.8 Å². The number of hydrogen-bond donors (Lipinski definition) is 2. The highest BCUT2D eigenvalue weighted by Gasteiger charge is 2.49. The first-order valence-electron chi connectivity index (χ1n) is 10.9. The van der Waals surface area contributed by atoms with Crippen LogP contribution < -0.4 is 5.32 Å². The van der Waals surface area contributed by atoms with Crippen LogP contribution in [0, 0.1) is 23.7 Å². The summed E-state index contributed by atoms with van der Waals surface area (Å²) >= 11 is 9.82. The van der Waals surface area contributed by atoms with E-state index in [4.69, 9.17) is 0 Å². The van der Waals surface area contributed by atoms with Crippen molar-refractivity contribution in [3.63, 3.8) is 0 Å². The standard InChI is InChI=1S/C24H26Br2N2S/c25-22-10-14-9-17-16(19(14)11-27-22)6-3-7-21(17)29-23-18-8-13-4-1-2-5-15(13)20(18)12-28-24(23)26/h1-2,4-5,8,12,14,16-17,19,21-22,27-28H,3,6-7,9-11H2. The number of aromatic nitrogens is 1. The second-order valence-corrected chi connectivity index (χ2v) is 12.3. The molecule has 6 unspecified atom stereocenters. The number of pyridine rings is 1. The van der Waals surface area contributed by atoms with Gasteiger partial charge in [-0.3, -0.25) is 0 Å². The molecular weight excluding hydrogens is 508 g/mol. The van der Waals surface area contributed by atoms with Gasteiger partial charge in [0, 0.05) is 27.5 Å². The van der Waals surface area contributed by atoms with Gasteiger partial charge in [-0.05, 0) is 88.7 Å². The van der Waals surface area contributed by atoms with Crippen LogP contribution in [0.5, 0.6) is 0 Å². The van der Waals surface area contributed by atoms with E-state index in [0.29, 0.717) is 4.95 Å². The number of piperidine rings is 1. The first-order chi connectivity index (χ1) is 14.2. The van der Waals surface area contributed by atoms with Crippen LogP contribution in [0.4, 0.5) is 0 Å². The zero-order valence-electron chi connectivity index (χ0n) is 16.3. The highest BCUT2D eigenvalue weighted by molar-refractivity contribution is 9.10. The third-order valence-corrected chi connectivity index (χ3v) is 10.9. The fraction of sp³-hybridized carbons (Fsp3) is 0.500. The van der Waals surface area contributed by atoms with Crippen molar-refractivity contribution in [1.82, 2.24) is 10.3 Å². The largest absolute Gasteiger partial charge is 0.354 e. The van der Waals surface area contributed by atoms with Crippen molar-refractivity contribution in [3.8, 4) is 11.1 Å². The molecule has 0 bridgehead atoms. The highest BCUT2D eigenvalue weighted by atomic mass is 79.9. The summed E-state index contributed by atoms with van der Waals surface area (Å²) in [5.41, 5.74) is 2.76. The van der Waals surface area contributed by atoms with Crippen molar-refractivity contribution in [3.05, 3.63) is 41.1 Å². The Balaban J connectivity index is 1.33. The average molecular weight is 534 g/mol. The van der Waals surface area contributed by atoms with Gasteiger partial charge >= 0.3 is 0 Å². The van der Waals surface area contributed by atoms with Crippen LogP contribution in [0.15, 0.2) is 46.0 Å². The minimum atomic E-state index is 0.518. The molecule has 152 valence electrons. The van der Waals surface area contributed by atoms with Crippen molar-refractivity contribution in [2.24, 2.45) is 23.7 Å². The molecule has 3 aliphatic carbocycles. The van der Waals surface area contributed by atoms with Crippen LogP contribution in [-0.4, -0.2) is 21.7 Å². The fourth-order valence-electron chi connectivity index (χ4n) is 6.51. The van der Waals surface area contributed by atoms with Gasteiger partial charge < -0.3 is 10.3 Å². The summed E-state index contributed by atoms with van der Waals surface area (Å²) in [5, 5.41) is 7.14. The molecule has 3 fully saturated rings. The summed E-state index contributed by atoms with van der Waals surface area (Å²) in [6, 6.07) is 11.2. The molecule has 0 radical (unpaired) electrons. The number of alkyl halides is 1. The lowest BCUT2D eigenvalue weighted by Crippen LogP contribution is -2.41. The molecule has 0 aromatic heterocycles. The van der Waals surface area contributed by atoms with Crippen molar-refractivity contribution < 1.29 is 0 Å². The number of fused-ring (bicyclic) bond motifs is 6. The molecule has 2 aliphatic heterocycles. The van der Waals surface area contributed by atoms with E-state index in [0.717, 1.165) is 33.5 Å². The number of hydrogen-bond acceptors (Lipinski definition) is 2. The highest BCUT2D eigenvalue weighted by Crippen LogP contribution is 2.56. The van der Waals surface area contributed by atoms with Crippen LogP contribution in [0.1, 0.15) is 32.1 Å². The Morgan fingerprint density at radius 1 is 1.00 bits per heavy atom. The zero-order chi connectivity index (χ0) is 19.5. The Morgan fingerprint density at radius 3 is 2.83 bits per heavy atom. The molecule has 29 heavy (non-hydrogen) atoms. The minimum Gasteiger partial charge on any atom is -0.354 e. The summed E-state index contributed by atoms with van der Waals surface area (Å²) in [6.45, 7) is 1.21. The van der Waals surface area contributed by atoms with Gasteiger partial charge in [-0.1, -0.05) is 46.6 Å². The molecule has 1 aromatic carbocycles. The van der Waals surface area contributed by atoms with Crippen LogP contribution in [0.3, 0.4) is 0 Å². The van der Waals surface area contributed by atoms with Crippen LogP contribution in [0.2, 0.25) is 0 Å². The van der Waals surface area contributed by atoms with Gasteiger partial charge in [0.15, 0.2) is 0 Å². The Labute approximate surface area is 193 Å². The van der Waals surface area contributed by atoms with E-state index in [-0.39, 0.29) is 0 Å². The maximum absolute atomic E-state index is 3.85. The van der Waals surface area contributed by atoms with E-state index >= 15 is 0 Å². The monoisotopic (exact) mass is 532 g/mol. The summed E-state index contributed by atoms with van der Waals surface area (Å²) in [7, 11) is 0. The predicted octanol–water partition coefficient (Wildman–Crippen LogP) is 7.26. The van der Waals surface area contributed by atoms with Crippen molar-refractivity contribution in [2.75, 3.05) is 6.54 Å². The molecule has 2 N–H and O–H groups in total. The lowest BCUT2D eigenvalue weighted by molar-refractivity contribution is 0.195. The zero-order valence-corrected chi connectivity index (χ0v) is 20.3. The van der Waals surface area contributed by atoms with Gasteiger partial charge in [0.1, 0.15) is 0 Å². The summed E-state index contributed by atoms with van der Waals surface area (Å²) in [4.78, 5) is 5.44. The third-order valence-electron chi connectivity index (χ3n) is 7.77.